The van der Waals surface area contributed by atoms with Crippen molar-refractivity contribution in [1.82, 2.24) is 9.97 Å². The van der Waals surface area contributed by atoms with Gasteiger partial charge in [0.1, 0.15) is 12.1 Å². The van der Waals surface area contributed by atoms with Crippen molar-refractivity contribution in [3.63, 3.8) is 0 Å². The highest BCUT2D eigenvalue weighted by Crippen LogP contribution is 2.16. The van der Waals surface area contributed by atoms with Gasteiger partial charge in [-0.15, -0.1) is 0 Å². The third kappa shape index (κ3) is 4.99. The summed E-state index contributed by atoms with van der Waals surface area (Å²) in [7, 11) is 0. The first-order valence-corrected chi connectivity index (χ1v) is 5.96. The van der Waals surface area contributed by atoms with Crippen LogP contribution in [0.5, 0.6) is 5.88 Å². The van der Waals surface area contributed by atoms with E-state index in [1.54, 1.807) is 0 Å². The largest absolute Gasteiger partial charge is 0.478 e. The Kier molecular flexibility index (Phi) is 5.15. The number of hydrogen-bond donors (Lipinski definition) is 2. The van der Waals surface area contributed by atoms with E-state index in [-0.39, 0.29) is 5.41 Å². The Bertz CT molecular complexity index is 341. The Balaban J connectivity index is 2.53. The molecule has 17 heavy (non-hydrogen) atoms. The number of nitrogens with zero attached hydrogens (tertiary/aromatic N) is 2. The van der Waals surface area contributed by atoms with Gasteiger partial charge in [0, 0.05) is 12.6 Å². The van der Waals surface area contributed by atoms with Gasteiger partial charge in [-0.25, -0.2) is 9.97 Å². The van der Waals surface area contributed by atoms with Crippen molar-refractivity contribution in [2.75, 3.05) is 25.0 Å². The predicted molar refractivity (Wildman–Crippen MR) is 69.1 cm³/mol. The summed E-state index contributed by atoms with van der Waals surface area (Å²) in [6.07, 6.45) is 2.47. The SMILES string of the molecule is CCCOc1cc(NCC(C)(C)CN)ncn1. The van der Waals surface area contributed by atoms with Crippen LogP contribution in [0.25, 0.3) is 0 Å². The van der Waals surface area contributed by atoms with Gasteiger partial charge in [-0.3, -0.25) is 0 Å². The van der Waals surface area contributed by atoms with Crippen LogP contribution in [0.15, 0.2) is 12.4 Å². The monoisotopic (exact) mass is 238 g/mol. The molecule has 0 radical (unpaired) electrons. The molecule has 1 heterocycles. The number of rotatable bonds is 7. The fourth-order valence-corrected chi connectivity index (χ4v) is 1.12. The first kappa shape index (κ1) is 13.7. The molecule has 0 aromatic carbocycles. The molecule has 1 rings (SSSR count). The topological polar surface area (TPSA) is 73.1 Å². The van der Waals surface area contributed by atoms with Gasteiger partial charge >= 0.3 is 0 Å². The van der Waals surface area contributed by atoms with Crippen LogP contribution < -0.4 is 15.8 Å². The van der Waals surface area contributed by atoms with Crippen LogP contribution in [-0.4, -0.2) is 29.7 Å². The molecule has 0 atom stereocenters. The van der Waals surface area contributed by atoms with Gasteiger partial charge < -0.3 is 15.8 Å². The summed E-state index contributed by atoms with van der Waals surface area (Å²) in [6.45, 7) is 8.35. The van der Waals surface area contributed by atoms with Gasteiger partial charge in [0.25, 0.3) is 0 Å². The Labute approximate surface area is 103 Å². The van der Waals surface area contributed by atoms with E-state index < -0.39 is 0 Å². The Morgan fingerprint density at radius 3 is 2.82 bits per heavy atom. The fraction of sp³-hybridized carbons (Fsp3) is 0.667. The fourth-order valence-electron chi connectivity index (χ4n) is 1.12. The van der Waals surface area contributed by atoms with Crippen molar-refractivity contribution < 1.29 is 4.74 Å². The predicted octanol–water partition coefficient (Wildman–Crippen LogP) is 1.66. The number of nitrogens with two attached hydrogens (primary N) is 1. The van der Waals surface area contributed by atoms with Gasteiger partial charge in [-0.2, -0.15) is 0 Å². The van der Waals surface area contributed by atoms with Crippen LogP contribution >= 0.6 is 0 Å². The summed E-state index contributed by atoms with van der Waals surface area (Å²) < 4.78 is 5.44. The lowest BCUT2D eigenvalue weighted by atomic mass is 9.94. The lowest BCUT2D eigenvalue weighted by Gasteiger charge is -2.22. The number of ether oxygens (including phenoxy) is 1. The highest BCUT2D eigenvalue weighted by atomic mass is 16.5. The maximum absolute atomic E-state index is 5.67. The standard InChI is InChI=1S/C12H22N4O/c1-4-5-17-11-6-10(15-9-16-11)14-8-12(2,3)7-13/h6,9H,4-5,7-8,13H2,1-3H3,(H,14,15,16). The average Bonchev–Trinajstić information content (AvgIpc) is 2.35. The van der Waals surface area contributed by atoms with E-state index in [0.717, 1.165) is 18.8 Å². The van der Waals surface area contributed by atoms with Gasteiger partial charge in [-0.1, -0.05) is 20.8 Å². The van der Waals surface area contributed by atoms with E-state index in [9.17, 15) is 0 Å². The number of anilines is 1. The minimum absolute atomic E-state index is 0.0510. The van der Waals surface area contributed by atoms with Crippen molar-refractivity contribution in [1.29, 1.82) is 0 Å². The minimum Gasteiger partial charge on any atom is -0.478 e. The van der Waals surface area contributed by atoms with Gasteiger partial charge in [0.15, 0.2) is 0 Å². The molecule has 5 nitrogen and oxygen atoms in total. The molecule has 0 unspecified atom stereocenters. The second-order valence-electron chi connectivity index (χ2n) is 4.81. The summed E-state index contributed by atoms with van der Waals surface area (Å²) in [6, 6.07) is 1.81. The molecule has 0 bridgehead atoms. The first-order valence-electron chi connectivity index (χ1n) is 5.96. The van der Waals surface area contributed by atoms with E-state index in [4.69, 9.17) is 10.5 Å². The van der Waals surface area contributed by atoms with E-state index >= 15 is 0 Å². The van der Waals surface area contributed by atoms with Gasteiger partial charge in [0.2, 0.25) is 5.88 Å². The smallest absolute Gasteiger partial charge is 0.218 e. The quantitative estimate of drug-likeness (QED) is 0.756. The summed E-state index contributed by atoms with van der Waals surface area (Å²) in [4.78, 5) is 8.19. The Morgan fingerprint density at radius 1 is 1.41 bits per heavy atom. The second kappa shape index (κ2) is 6.39. The molecule has 3 N–H and O–H groups in total. The summed E-state index contributed by atoms with van der Waals surface area (Å²) >= 11 is 0. The van der Waals surface area contributed by atoms with E-state index in [2.05, 4.69) is 36.1 Å². The zero-order chi connectivity index (χ0) is 12.7. The second-order valence-corrected chi connectivity index (χ2v) is 4.81. The summed E-state index contributed by atoms with van der Waals surface area (Å²) in [5.74, 6) is 1.38. The molecule has 0 aliphatic heterocycles. The maximum Gasteiger partial charge on any atom is 0.218 e. The van der Waals surface area contributed by atoms with Crippen molar-refractivity contribution >= 4 is 5.82 Å². The Morgan fingerprint density at radius 2 is 2.18 bits per heavy atom. The van der Waals surface area contributed by atoms with E-state index in [1.807, 2.05) is 6.07 Å². The molecule has 1 aromatic rings. The first-order chi connectivity index (χ1) is 8.07. The van der Waals surface area contributed by atoms with Crippen molar-refractivity contribution in [3.05, 3.63) is 12.4 Å². The molecule has 0 spiro atoms. The van der Waals surface area contributed by atoms with E-state index in [1.165, 1.54) is 6.33 Å². The van der Waals surface area contributed by atoms with Crippen LogP contribution in [0.3, 0.4) is 0 Å². The zero-order valence-electron chi connectivity index (χ0n) is 10.9. The third-order valence-corrected chi connectivity index (χ3v) is 2.40. The molecule has 5 heteroatoms. The third-order valence-electron chi connectivity index (χ3n) is 2.40. The lowest BCUT2D eigenvalue weighted by molar-refractivity contribution is 0.305. The number of aromatic nitrogens is 2. The highest BCUT2D eigenvalue weighted by Gasteiger charge is 2.15. The summed E-state index contributed by atoms with van der Waals surface area (Å²) in [5, 5.41) is 3.24. The highest BCUT2D eigenvalue weighted by molar-refractivity contribution is 5.37. The normalized spacial score (nSPS) is 11.3. The minimum atomic E-state index is 0.0510. The molecule has 0 saturated carbocycles. The van der Waals surface area contributed by atoms with Crippen LogP contribution in [0.4, 0.5) is 5.82 Å². The average molecular weight is 238 g/mol. The molecule has 1 aromatic heterocycles. The van der Waals surface area contributed by atoms with Crippen LogP contribution in [-0.2, 0) is 0 Å². The van der Waals surface area contributed by atoms with Crippen LogP contribution in [0.1, 0.15) is 27.2 Å². The summed E-state index contributed by atoms with van der Waals surface area (Å²) in [5.41, 5.74) is 5.72. The van der Waals surface area contributed by atoms with Crippen molar-refractivity contribution in [2.24, 2.45) is 11.1 Å². The van der Waals surface area contributed by atoms with Crippen molar-refractivity contribution in [3.8, 4) is 5.88 Å². The van der Waals surface area contributed by atoms with Crippen LogP contribution in [0.2, 0.25) is 0 Å². The zero-order valence-corrected chi connectivity index (χ0v) is 10.9. The maximum atomic E-state index is 5.67. The number of nitrogens with one attached hydrogen (secondary N) is 1. The number of hydrogen-bond acceptors (Lipinski definition) is 5. The molecule has 0 saturated heterocycles. The molecule has 0 amide bonds. The van der Waals surface area contributed by atoms with Gasteiger partial charge in [-0.05, 0) is 18.4 Å². The van der Waals surface area contributed by atoms with Crippen molar-refractivity contribution in [2.45, 2.75) is 27.2 Å². The van der Waals surface area contributed by atoms with E-state index in [0.29, 0.717) is 19.0 Å². The van der Waals surface area contributed by atoms with Gasteiger partial charge in [0.05, 0.1) is 6.61 Å². The molecule has 0 aliphatic carbocycles. The molecule has 96 valence electrons. The Hall–Kier alpha value is -1.36. The molecule has 0 fully saturated rings. The van der Waals surface area contributed by atoms with Crippen LogP contribution in [0, 0.1) is 5.41 Å². The lowest BCUT2D eigenvalue weighted by Crippen LogP contribution is -2.31. The molecular weight excluding hydrogens is 216 g/mol. The molecular formula is C12H22N4O. The molecule has 0 aliphatic rings.